The van der Waals surface area contributed by atoms with E-state index < -0.39 is 5.66 Å². The molecule has 0 aromatic carbocycles. The molecule has 2 aliphatic heterocycles. The summed E-state index contributed by atoms with van der Waals surface area (Å²) in [6.45, 7) is 2.20. The minimum atomic E-state index is -0.665. The van der Waals surface area contributed by atoms with Crippen molar-refractivity contribution >= 4 is 11.9 Å². The second-order valence-electron chi connectivity index (χ2n) is 5.49. The molecular weight excluding hydrogens is 310 g/mol. The van der Waals surface area contributed by atoms with Gasteiger partial charge in [-0.3, -0.25) is 15.0 Å². The molecule has 0 N–H and O–H groups in total. The summed E-state index contributed by atoms with van der Waals surface area (Å²) in [6, 6.07) is 5.90. The first kappa shape index (κ1) is 15.0. The van der Waals surface area contributed by atoms with Crippen LogP contribution in [-0.4, -0.2) is 44.7 Å². The van der Waals surface area contributed by atoms with E-state index in [1.54, 1.807) is 36.7 Å². The van der Waals surface area contributed by atoms with Gasteiger partial charge in [0.15, 0.2) is 5.66 Å². The second kappa shape index (κ2) is 6.52. The lowest BCUT2D eigenvalue weighted by molar-refractivity contribution is -0.107. The Morgan fingerprint density at radius 2 is 2.22 bits per heavy atom. The SMILES string of the molecule is c1ccc(C2OCC[N]C2(c2cnccn2)N2CCCS2)nc1. The lowest BCUT2D eigenvalue weighted by atomic mass is 9.93. The molecule has 2 unspecified atom stereocenters. The Bertz CT molecular complexity index is 637. The Morgan fingerprint density at radius 1 is 1.22 bits per heavy atom. The van der Waals surface area contributed by atoms with E-state index in [0.717, 1.165) is 30.1 Å². The van der Waals surface area contributed by atoms with Crippen LogP contribution in [0.25, 0.3) is 0 Å². The number of rotatable bonds is 3. The van der Waals surface area contributed by atoms with E-state index in [-0.39, 0.29) is 6.10 Å². The van der Waals surface area contributed by atoms with E-state index in [0.29, 0.717) is 13.2 Å². The summed E-state index contributed by atoms with van der Waals surface area (Å²) in [5, 5.41) is 5.01. The number of pyridine rings is 1. The van der Waals surface area contributed by atoms with Crippen LogP contribution in [0, 0.1) is 0 Å². The first-order valence-electron chi connectivity index (χ1n) is 7.79. The van der Waals surface area contributed by atoms with Gasteiger partial charge < -0.3 is 4.74 Å². The van der Waals surface area contributed by atoms with Crippen molar-refractivity contribution in [2.75, 3.05) is 25.4 Å². The second-order valence-corrected chi connectivity index (χ2v) is 6.60. The van der Waals surface area contributed by atoms with Crippen molar-refractivity contribution in [2.24, 2.45) is 0 Å². The maximum Gasteiger partial charge on any atom is 0.173 e. The monoisotopic (exact) mass is 328 g/mol. The van der Waals surface area contributed by atoms with Crippen molar-refractivity contribution in [3.05, 3.63) is 54.4 Å². The summed E-state index contributed by atoms with van der Waals surface area (Å²) in [5.41, 5.74) is 1.04. The van der Waals surface area contributed by atoms with Crippen LogP contribution in [-0.2, 0) is 10.4 Å². The summed E-state index contributed by atoms with van der Waals surface area (Å²) in [4.78, 5) is 13.4. The lowest BCUT2D eigenvalue weighted by Gasteiger charge is -2.47. The number of aromatic nitrogens is 3. The molecule has 4 rings (SSSR count). The van der Waals surface area contributed by atoms with Crippen molar-refractivity contribution < 1.29 is 4.74 Å². The first-order valence-corrected chi connectivity index (χ1v) is 8.74. The zero-order valence-electron chi connectivity index (χ0n) is 12.7. The van der Waals surface area contributed by atoms with Gasteiger partial charge in [-0.25, -0.2) is 9.62 Å². The van der Waals surface area contributed by atoms with Gasteiger partial charge in [-0.05, 0) is 18.6 Å². The molecule has 119 valence electrons. The zero-order chi connectivity index (χ0) is 15.5. The molecule has 0 saturated carbocycles. The Hall–Kier alpha value is -1.54. The predicted octanol–water partition coefficient (Wildman–Crippen LogP) is 1.75. The van der Waals surface area contributed by atoms with Gasteiger partial charge >= 0.3 is 0 Å². The zero-order valence-corrected chi connectivity index (χ0v) is 13.5. The molecule has 7 heteroatoms. The molecule has 2 aromatic heterocycles. The minimum Gasteiger partial charge on any atom is -0.367 e. The highest BCUT2D eigenvalue weighted by Crippen LogP contribution is 2.46. The highest BCUT2D eigenvalue weighted by Gasteiger charge is 2.53. The fourth-order valence-electron chi connectivity index (χ4n) is 3.17. The van der Waals surface area contributed by atoms with Gasteiger partial charge in [0.1, 0.15) is 6.10 Å². The molecule has 2 aromatic rings. The molecule has 2 atom stereocenters. The van der Waals surface area contributed by atoms with Crippen molar-refractivity contribution in [2.45, 2.75) is 18.2 Å². The van der Waals surface area contributed by atoms with Gasteiger partial charge in [0, 0.05) is 37.4 Å². The molecule has 2 aliphatic rings. The average Bonchev–Trinajstić information content (AvgIpc) is 3.18. The molecule has 6 nitrogen and oxygen atoms in total. The van der Waals surface area contributed by atoms with Crippen LogP contribution in [0.4, 0.5) is 0 Å². The molecule has 0 spiro atoms. The number of hydrogen-bond donors (Lipinski definition) is 0. The minimum absolute atomic E-state index is 0.278. The van der Waals surface area contributed by atoms with Gasteiger partial charge in [-0.15, -0.1) is 0 Å². The van der Waals surface area contributed by atoms with Gasteiger partial charge in [0.25, 0.3) is 0 Å². The number of morpholine rings is 1. The summed E-state index contributed by atoms with van der Waals surface area (Å²) < 4.78 is 8.47. The molecule has 2 fully saturated rings. The fraction of sp³-hybridized carbons (Fsp3) is 0.438. The van der Waals surface area contributed by atoms with E-state index in [1.165, 1.54) is 0 Å². The topological polar surface area (TPSA) is 65.2 Å². The van der Waals surface area contributed by atoms with E-state index in [9.17, 15) is 0 Å². The first-order chi connectivity index (χ1) is 11.4. The Morgan fingerprint density at radius 3 is 2.96 bits per heavy atom. The quantitative estimate of drug-likeness (QED) is 0.800. The van der Waals surface area contributed by atoms with Crippen molar-refractivity contribution in [1.82, 2.24) is 24.6 Å². The van der Waals surface area contributed by atoms with E-state index >= 15 is 0 Å². The van der Waals surface area contributed by atoms with Crippen LogP contribution in [0.15, 0.2) is 43.0 Å². The Kier molecular flexibility index (Phi) is 4.26. The highest BCUT2D eigenvalue weighted by molar-refractivity contribution is 7.97. The van der Waals surface area contributed by atoms with Crippen LogP contribution in [0.5, 0.6) is 0 Å². The molecule has 23 heavy (non-hydrogen) atoms. The third-order valence-corrected chi connectivity index (χ3v) is 5.37. The van der Waals surface area contributed by atoms with Crippen LogP contribution in [0.3, 0.4) is 0 Å². The predicted molar refractivity (Wildman–Crippen MR) is 87.4 cm³/mol. The van der Waals surface area contributed by atoms with Gasteiger partial charge in [-0.1, -0.05) is 18.0 Å². The summed E-state index contributed by atoms with van der Waals surface area (Å²) in [7, 11) is 0. The van der Waals surface area contributed by atoms with E-state index in [4.69, 9.17) is 10.1 Å². The molecule has 4 heterocycles. The van der Waals surface area contributed by atoms with E-state index in [2.05, 4.69) is 19.3 Å². The molecule has 0 aliphatic carbocycles. The number of nitrogens with zero attached hydrogens (tertiary/aromatic N) is 5. The summed E-state index contributed by atoms with van der Waals surface area (Å²) in [5.74, 6) is 1.09. The van der Waals surface area contributed by atoms with Gasteiger partial charge in [0.2, 0.25) is 0 Å². The van der Waals surface area contributed by atoms with Crippen LogP contribution in [0.1, 0.15) is 23.9 Å². The molecular formula is C16H18N5OS. The highest BCUT2D eigenvalue weighted by atomic mass is 32.2. The third kappa shape index (κ3) is 2.63. The van der Waals surface area contributed by atoms with Crippen LogP contribution >= 0.6 is 11.9 Å². The Balaban J connectivity index is 1.84. The molecule has 0 amide bonds. The van der Waals surface area contributed by atoms with Crippen molar-refractivity contribution in [3.8, 4) is 0 Å². The lowest BCUT2D eigenvalue weighted by Crippen LogP contribution is -2.58. The summed E-state index contributed by atoms with van der Waals surface area (Å²) in [6.07, 6.45) is 7.86. The molecule has 0 bridgehead atoms. The van der Waals surface area contributed by atoms with E-state index in [1.807, 2.05) is 18.2 Å². The maximum absolute atomic E-state index is 6.17. The summed E-state index contributed by atoms with van der Waals surface area (Å²) >= 11 is 1.81. The molecule has 2 saturated heterocycles. The third-order valence-electron chi connectivity index (χ3n) is 4.12. The number of hydrogen-bond acceptors (Lipinski definition) is 6. The largest absolute Gasteiger partial charge is 0.367 e. The Labute approximate surface area is 139 Å². The smallest absolute Gasteiger partial charge is 0.173 e. The average molecular weight is 328 g/mol. The van der Waals surface area contributed by atoms with Crippen molar-refractivity contribution in [3.63, 3.8) is 0 Å². The van der Waals surface area contributed by atoms with Gasteiger partial charge in [0.05, 0.1) is 24.2 Å². The molecule has 1 radical (unpaired) electrons. The normalized spacial score (nSPS) is 28.8. The maximum atomic E-state index is 6.17. The van der Waals surface area contributed by atoms with Crippen molar-refractivity contribution in [1.29, 1.82) is 0 Å². The number of ether oxygens (including phenoxy) is 1. The van der Waals surface area contributed by atoms with Gasteiger partial charge in [-0.2, -0.15) is 0 Å². The standard InChI is InChI=1S/C16H18N5OS/c1-2-5-18-13(4-1)15-16(20-8-10-22-15,21-9-3-11-23-21)14-12-17-6-7-19-14/h1-2,4-7,12,15H,3,8-11H2. The fourth-order valence-corrected chi connectivity index (χ4v) is 4.35. The van der Waals surface area contributed by atoms with Crippen LogP contribution in [0.2, 0.25) is 0 Å². The van der Waals surface area contributed by atoms with Crippen LogP contribution < -0.4 is 5.32 Å².